The lowest BCUT2D eigenvalue weighted by atomic mass is 10.1. The van der Waals surface area contributed by atoms with E-state index in [1.54, 1.807) is 0 Å². The van der Waals surface area contributed by atoms with Gasteiger partial charge in [0, 0.05) is 29.1 Å². The molecule has 0 unspecified atom stereocenters. The zero-order chi connectivity index (χ0) is 21.0. The van der Waals surface area contributed by atoms with Gasteiger partial charge in [-0.1, -0.05) is 35.5 Å². The molecular weight excluding hydrogens is 376 g/mol. The molecule has 29 heavy (non-hydrogen) atoms. The van der Waals surface area contributed by atoms with Crippen molar-refractivity contribution in [2.45, 2.75) is 20.4 Å². The average Bonchev–Trinajstić information content (AvgIpc) is 2.99. The van der Waals surface area contributed by atoms with Gasteiger partial charge in [0.2, 0.25) is 5.78 Å². The van der Waals surface area contributed by atoms with E-state index in [2.05, 4.69) is 9.72 Å². The van der Waals surface area contributed by atoms with Crippen LogP contribution in [0.4, 0.5) is 8.78 Å². The van der Waals surface area contributed by atoms with E-state index >= 15 is 0 Å². The number of hydrogen-bond donors (Lipinski definition) is 1. The predicted octanol–water partition coefficient (Wildman–Crippen LogP) is 3.95. The van der Waals surface area contributed by atoms with Crippen LogP contribution in [0, 0.1) is 25.5 Å². The molecular formula is C22H21F2N3O2. The molecule has 2 aromatic carbocycles. The number of aryl methyl sites for hydroxylation is 1. The summed E-state index contributed by atoms with van der Waals surface area (Å²) in [7, 11) is 0. The SMILES string of the molecule is Cc1cc(C(=O)CON=C(N)c2ccc(F)c(F)c2)c(C)n1Cc1ccccc1. The second-order valence-corrected chi connectivity index (χ2v) is 6.66. The third-order valence-corrected chi connectivity index (χ3v) is 4.63. The first kappa shape index (κ1) is 20.3. The number of carbonyl (C=O) groups excluding carboxylic acids is 1. The van der Waals surface area contributed by atoms with E-state index in [-0.39, 0.29) is 23.8 Å². The van der Waals surface area contributed by atoms with Crippen LogP contribution in [-0.2, 0) is 11.4 Å². The van der Waals surface area contributed by atoms with Crippen molar-refractivity contribution < 1.29 is 18.4 Å². The van der Waals surface area contributed by atoms with Crippen molar-refractivity contribution in [2.24, 2.45) is 10.9 Å². The zero-order valence-corrected chi connectivity index (χ0v) is 16.2. The number of halogens is 2. The van der Waals surface area contributed by atoms with Crippen molar-refractivity contribution in [2.75, 3.05) is 6.61 Å². The lowest BCUT2D eigenvalue weighted by molar-refractivity contribution is 0.0775. The maximum absolute atomic E-state index is 13.3. The minimum absolute atomic E-state index is 0.147. The van der Waals surface area contributed by atoms with Crippen molar-refractivity contribution in [3.63, 3.8) is 0 Å². The van der Waals surface area contributed by atoms with Crippen molar-refractivity contribution in [3.8, 4) is 0 Å². The minimum atomic E-state index is -1.04. The molecule has 1 aromatic heterocycles. The first-order valence-corrected chi connectivity index (χ1v) is 9.01. The smallest absolute Gasteiger partial charge is 0.204 e. The number of ketones is 1. The number of nitrogens with zero attached hydrogens (tertiary/aromatic N) is 2. The fraction of sp³-hybridized carbons (Fsp3) is 0.182. The highest BCUT2D eigenvalue weighted by Crippen LogP contribution is 2.18. The Bertz CT molecular complexity index is 1060. The third kappa shape index (κ3) is 4.68. The largest absolute Gasteiger partial charge is 0.386 e. The second kappa shape index (κ2) is 8.68. The molecule has 0 spiro atoms. The number of carbonyl (C=O) groups is 1. The highest BCUT2D eigenvalue weighted by atomic mass is 19.2. The van der Waals surface area contributed by atoms with Gasteiger partial charge in [0.15, 0.2) is 24.1 Å². The van der Waals surface area contributed by atoms with Gasteiger partial charge in [0.1, 0.15) is 0 Å². The lowest BCUT2D eigenvalue weighted by Gasteiger charge is -2.10. The fourth-order valence-electron chi connectivity index (χ4n) is 3.04. The van der Waals surface area contributed by atoms with E-state index in [4.69, 9.17) is 10.6 Å². The molecule has 0 saturated heterocycles. The molecule has 0 atom stereocenters. The van der Waals surface area contributed by atoms with Crippen LogP contribution in [0.25, 0.3) is 0 Å². The molecule has 0 saturated carbocycles. The molecule has 0 fully saturated rings. The molecule has 0 aliphatic carbocycles. The quantitative estimate of drug-likeness (QED) is 0.284. The Morgan fingerprint density at radius 1 is 1.07 bits per heavy atom. The van der Waals surface area contributed by atoms with Gasteiger partial charge in [-0.25, -0.2) is 8.78 Å². The van der Waals surface area contributed by atoms with Crippen molar-refractivity contribution in [3.05, 3.63) is 94.3 Å². The molecule has 3 rings (SSSR count). The Kier molecular flexibility index (Phi) is 6.07. The molecule has 1 heterocycles. The average molecular weight is 397 g/mol. The molecule has 0 aliphatic heterocycles. The molecule has 0 radical (unpaired) electrons. The van der Waals surface area contributed by atoms with E-state index in [9.17, 15) is 13.6 Å². The van der Waals surface area contributed by atoms with Crippen LogP contribution in [0.2, 0.25) is 0 Å². The standard InChI is InChI=1S/C22H21F2N3O2/c1-14-10-18(15(2)27(14)12-16-6-4-3-5-7-16)21(28)13-29-26-22(25)17-8-9-19(23)20(24)11-17/h3-11H,12-13H2,1-2H3,(H2,25,26). The van der Waals surface area contributed by atoms with Gasteiger partial charge in [-0.15, -0.1) is 0 Å². The molecule has 5 nitrogen and oxygen atoms in total. The summed E-state index contributed by atoms with van der Waals surface area (Å²) in [5, 5.41) is 3.63. The Morgan fingerprint density at radius 2 is 1.79 bits per heavy atom. The van der Waals surface area contributed by atoms with Crippen LogP contribution in [0.1, 0.15) is 32.9 Å². The normalized spacial score (nSPS) is 11.5. The fourth-order valence-corrected chi connectivity index (χ4v) is 3.04. The predicted molar refractivity (Wildman–Crippen MR) is 107 cm³/mol. The minimum Gasteiger partial charge on any atom is -0.386 e. The van der Waals surface area contributed by atoms with Crippen LogP contribution in [0.3, 0.4) is 0 Å². The van der Waals surface area contributed by atoms with Gasteiger partial charge in [0.05, 0.1) is 0 Å². The van der Waals surface area contributed by atoms with Crippen LogP contribution < -0.4 is 5.73 Å². The summed E-state index contributed by atoms with van der Waals surface area (Å²) >= 11 is 0. The molecule has 0 aliphatic rings. The maximum atomic E-state index is 13.3. The monoisotopic (exact) mass is 397 g/mol. The number of Topliss-reactive ketones (excluding diaryl/α,β-unsaturated/α-hetero) is 1. The van der Waals surface area contributed by atoms with Crippen LogP contribution >= 0.6 is 0 Å². The Hall–Kier alpha value is -3.48. The van der Waals surface area contributed by atoms with Crippen molar-refractivity contribution in [1.29, 1.82) is 0 Å². The van der Waals surface area contributed by atoms with Crippen LogP contribution in [0.5, 0.6) is 0 Å². The molecule has 0 bridgehead atoms. The van der Waals surface area contributed by atoms with Gasteiger partial charge in [0.25, 0.3) is 0 Å². The highest BCUT2D eigenvalue weighted by molar-refractivity contribution is 5.99. The highest BCUT2D eigenvalue weighted by Gasteiger charge is 2.16. The van der Waals surface area contributed by atoms with E-state index in [0.29, 0.717) is 12.1 Å². The lowest BCUT2D eigenvalue weighted by Crippen LogP contribution is -2.16. The first-order valence-electron chi connectivity index (χ1n) is 9.01. The van der Waals surface area contributed by atoms with Crippen LogP contribution in [-0.4, -0.2) is 22.8 Å². The van der Waals surface area contributed by atoms with Gasteiger partial charge < -0.3 is 15.1 Å². The molecule has 3 aromatic rings. The summed E-state index contributed by atoms with van der Waals surface area (Å²) < 4.78 is 28.3. The number of hydrogen-bond acceptors (Lipinski definition) is 3. The number of rotatable bonds is 7. The number of aromatic nitrogens is 1. The summed E-state index contributed by atoms with van der Waals surface area (Å²) in [6.45, 7) is 4.16. The Balaban J connectivity index is 1.68. The molecule has 7 heteroatoms. The zero-order valence-electron chi connectivity index (χ0n) is 16.2. The first-order chi connectivity index (χ1) is 13.9. The van der Waals surface area contributed by atoms with E-state index in [0.717, 1.165) is 29.1 Å². The summed E-state index contributed by atoms with van der Waals surface area (Å²) in [4.78, 5) is 17.6. The summed E-state index contributed by atoms with van der Waals surface area (Å²) in [6, 6.07) is 14.9. The Morgan fingerprint density at radius 3 is 2.48 bits per heavy atom. The van der Waals surface area contributed by atoms with Crippen molar-refractivity contribution >= 4 is 11.6 Å². The maximum Gasteiger partial charge on any atom is 0.204 e. The molecule has 2 N–H and O–H groups in total. The number of benzene rings is 2. The molecule has 0 amide bonds. The summed E-state index contributed by atoms with van der Waals surface area (Å²) in [5.41, 5.74) is 9.33. The van der Waals surface area contributed by atoms with Gasteiger partial charge in [-0.05, 0) is 43.7 Å². The summed E-state index contributed by atoms with van der Waals surface area (Å²) in [6.07, 6.45) is 0. The third-order valence-electron chi connectivity index (χ3n) is 4.63. The molecule has 150 valence electrons. The van der Waals surface area contributed by atoms with Crippen molar-refractivity contribution in [1.82, 2.24) is 4.57 Å². The van der Waals surface area contributed by atoms with Crippen LogP contribution in [0.15, 0.2) is 59.8 Å². The number of oxime groups is 1. The summed E-state index contributed by atoms with van der Waals surface area (Å²) in [5.74, 6) is -2.42. The number of nitrogens with two attached hydrogens (primary N) is 1. The van der Waals surface area contributed by atoms with Gasteiger partial charge in [-0.2, -0.15) is 0 Å². The van der Waals surface area contributed by atoms with E-state index < -0.39 is 11.6 Å². The topological polar surface area (TPSA) is 69.6 Å². The van der Waals surface area contributed by atoms with E-state index in [1.807, 2.05) is 50.2 Å². The Labute approximate surface area is 167 Å². The number of amidine groups is 1. The van der Waals surface area contributed by atoms with Gasteiger partial charge >= 0.3 is 0 Å². The second-order valence-electron chi connectivity index (χ2n) is 6.66. The van der Waals surface area contributed by atoms with Gasteiger partial charge in [-0.3, -0.25) is 4.79 Å². The van der Waals surface area contributed by atoms with E-state index in [1.165, 1.54) is 6.07 Å².